The molecule has 1 N–H and O–H groups in total. The Kier molecular flexibility index (Phi) is 7.29. The van der Waals surface area contributed by atoms with Gasteiger partial charge >= 0.3 is 6.09 Å². The third kappa shape index (κ3) is 5.94. The molecule has 1 aromatic carbocycles. The fourth-order valence-electron chi connectivity index (χ4n) is 3.43. The second-order valence-electron chi connectivity index (χ2n) is 8.75. The van der Waals surface area contributed by atoms with Gasteiger partial charge in [0.1, 0.15) is 5.60 Å². The Morgan fingerprint density at radius 2 is 1.88 bits per heavy atom. The number of nitrogens with zero attached hydrogens (tertiary/aromatic N) is 4. The van der Waals surface area contributed by atoms with Crippen LogP contribution in [0.5, 0.6) is 0 Å². The predicted octanol–water partition coefficient (Wildman–Crippen LogP) is 1.80. The highest BCUT2D eigenvalue weighted by atomic mass is 16.6. The molecule has 0 unspecified atom stereocenters. The first kappa shape index (κ1) is 23.5. The number of imide groups is 1. The van der Waals surface area contributed by atoms with Crippen molar-refractivity contribution in [2.24, 2.45) is 0 Å². The van der Waals surface area contributed by atoms with Crippen molar-refractivity contribution in [1.82, 2.24) is 14.5 Å². The standard InChI is InChI=1S/C23H30N4O5/c1-23(2,3)32-22(31)27-12-11-25(16-19(27)29)20-21(30)26(14-17-8-5-4-6-9-17)15-18(24-20)10-7-13-28/h4-6,8-9,15,28H,7,10-14,16H2,1-3H3. The number of aliphatic hydroxyl groups is 1. The summed E-state index contributed by atoms with van der Waals surface area (Å²) >= 11 is 0. The van der Waals surface area contributed by atoms with Crippen LogP contribution in [0, 0.1) is 0 Å². The normalized spacial score (nSPS) is 14.6. The minimum atomic E-state index is -0.706. The fraction of sp³-hybridized carbons (Fsp3) is 0.478. The molecule has 2 heterocycles. The van der Waals surface area contributed by atoms with Gasteiger partial charge in [-0.2, -0.15) is 0 Å². The lowest BCUT2D eigenvalue weighted by Crippen LogP contribution is -2.55. The molecule has 0 spiro atoms. The third-order valence-corrected chi connectivity index (χ3v) is 4.93. The maximum absolute atomic E-state index is 13.2. The van der Waals surface area contributed by atoms with E-state index >= 15 is 0 Å². The molecule has 1 aliphatic heterocycles. The van der Waals surface area contributed by atoms with Crippen molar-refractivity contribution < 1.29 is 19.4 Å². The average molecular weight is 443 g/mol. The Balaban J connectivity index is 1.85. The zero-order valence-corrected chi connectivity index (χ0v) is 18.8. The molecular weight excluding hydrogens is 412 g/mol. The summed E-state index contributed by atoms with van der Waals surface area (Å²) in [5, 5.41) is 9.20. The molecule has 2 amide bonds. The van der Waals surface area contributed by atoms with Crippen LogP contribution in [-0.2, 0) is 22.5 Å². The van der Waals surface area contributed by atoms with E-state index in [1.54, 1.807) is 36.4 Å². The van der Waals surface area contributed by atoms with Crippen molar-refractivity contribution in [2.75, 3.05) is 31.1 Å². The van der Waals surface area contributed by atoms with Crippen LogP contribution in [0.4, 0.5) is 10.6 Å². The lowest BCUT2D eigenvalue weighted by atomic mass is 10.2. The predicted molar refractivity (Wildman–Crippen MR) is 120 cm³/mol. The summed E-state index contributed by atoms with van der Waals surface area (Å²) in [4.78, 5) is 45.4. The number of ether oxygens (including phenoxy) is 1. The van der Waals surface area contributed by atoms with E-state index in [1.165, 1.54) is 0 Å². The van der Waals surface area contributed by atoms with Crippen LogP contribution < -0.4 is 10.5 Å². The SMILES string of the molecule is CC(C)(C)OC(=O)N1CCN(c2nc(CCCO)cn(Cc3ccccc3)c2=O)CC1=O. The Morgan fingerprint density at radius 3 is 2.50 bits per heavy atom. The van der Waals surface area contributed by atoms with Gasteiger partial charge in [-0.05, 0) is 39.2 Å². The summed E-state index contributed by atoms with van der Waals surface area (Å²) in [6.07, 6.45) is 2.03. The van der Waals surface area contributed by atoms with Crippen molar-refractivity contribution in [3.63, 3.8) is 0 Å². The molecule has 9 heteroatoms. The first-order valence-corrected chi connectivity index (χ1v) is 10.7. The smallest absolute Gasteiger partial charge is 0.417 e. The van der Waals surface area contributed by atoms with Crippen molar-refractivity contribution >= 4 is 17.8 Å². The first-order valence-electron chi connectivity index (χ1n) is 10.7. The number of carbonyl (C=O) groups is 2. The Morgan fingerprint density at radius 1 is 1.16 bits per heavy atom. The van der Waals surface area contributed by atoms with Gasteiger partial charge in [-0.1, -0.05) is 30.3 Å². The van der Waals surface area contributed by atoms with Crippen molar-refractivity contribution in [2.45, 2.75) is 45.8 Å². The van der Waals surface area contributed by atoms with Gasteiger partial charge in [0.2, 0.25) is 0 Å². The largest absolute Gasteiger partial charge is 0.443 e. The second-order valence-corrected chi connectivity index (χ2v) is 8.75. The number of anilines is 1. The van der Waals surface area contributed by atoms with E-state index in [0.717, 1.165) is 10.5 Å². The molecule has 0 saturated carbocycles. The van der Waals surface area contributed by atoms with E-state index in [0.29, 0.717) is 25.1 Å². The number of aromatic nitrogens is 2. The van der Waals surface area contributed by atoms with Crippen LogP contribution >= 0.6 is 0 Å². The fourth-order valence-corrected chi connectivity index (χ4v) is 3.43. The van der Waals surface area contributed by atoms with Gasteiger partial charge < -0.3 is 19.3 Å². The molecule has 0 atom stereocenters. The first-order chi connectivity index (χ1) is 15.2. The van der Waals surface area contributed by atoms with E-state index in [-0.39, 0.29) is 37.6 Å². The van der Waals surface area contributed by atoms with Gasteiger partial charge in [-0.3, -0.25) is 9.59 Å². The minimum absolute atomic E-state index is 0.0157. The summed E-state index contributed by atoms with van der Waals surface area (Å²) in [5.74, 6) is -0.268. The molecule has 3 rings (SSSR count). The Hall–Kier alpha value is -3.20. The van der Waals surface area contributed by atoms with Crippen LogP contribution in [0.1, 0.15) is 38.4 Å². The number of amides is 2. The number of hydrogen-bond donors (Lipinski definition) is 1. The van der Waals surface area contributed by atoms with E-state index in [4.69, 9.17) is 4.74 Å². The van der Waals surface area contributed by atoms with E-state index < -0.39 is 17.6 Å². The number of carbonyl (C=O) groups excluding carboxylic acids is 2. The number of rotatable bonds is 6. The highest BCUT2D eigenvalue weighted by Gasteiger charge is 2.33. The van der Waals surface area contributed by atoms with E-state index in [1.807, 2.05) is 30.3 Å². The summed E-state index contributed by atoms with van der Waals surface area (Å²) in [5.41, 5.74) is 0.611. The summed E-state index contributed by atoms with van der Waals surface area (Å²) in [6.45, 7) is 5.84. The number of hydrogen-bond acceptors (Lipinski definition) is 7. The maximum atomic E-state index is 13.2. The maximum Gasteiger partial charge on any atom is 0.417 e. The van der Waals surface area contributed by atoms with Gasteiger partial charge in [0, 0.05) is 25.9 Å². The van der Waals surface area contributed by atoms with Crippen LogP contribution in [-0.4, -0.2) is 63.4 Å². The molecule has 1 fully saturated rings. The Bertz CT molecular complexity index is 1010. The highest BCUT2D eigenvalue weighted by Crippen LogP contribution is 2.16. The Labute approximate surface area is 187 Å². The topological polar surface area (TPSA) is 105 Å². The lowest BCUT2D eigenvalue weighted by molar-refractivity contribution is -0.130. The van der Waals surface area contributed by atoms with Gasteiger partial charge in [-0.25, -0.2) is 14.7 Å². The molecule has 32 heavy (non-hydrogen) atoms. The number of aryl methyl sites for hydroxylation is 1. The average Bonchev–Trinajstić information content (AvgIpc) is 2.73. The highest BCUT2D eigenvalue weighted by molar-refractivity contribution is 5.95. The number of piperazine rings is 1. The number of aliphatic hydroxyl groups excluding tert-OH is 1. The molecule has 0 bridgehead atoms. The summed E-state index contributed by atoms with van der Waals surface area (Å²) in [7, 11) is 0. The molecule has 2 aromatic rings. The lowest BCUT2D eigenvalue weighted by Gasteiger charge is -2.34. The summed E-state index contributed by atoms with van der Waals surface area (Å²) < 4.78 is 6.88. The van der Waals surface area contributed by atoms with E-state index in [9.17, 15) is 19.5 Å². The van der Waals surface area contributed by atoms with Crippen LogP contribution in [0.3, 0.4) is 0 Å². The van der Waals surface area contributed by atoms with Crippen molar-refractivity contribution in [1.29, 1.82) is 0 Å². The molecule has 1 aliphatic rings. The summed E-state index contributed by atoms with van der Waals surface area (Å²) in [6, 6.07) is 9.59. The molecule has 9 nitrogen and oxygen atoms in total. The zero-order valence-electron chi connectivity index (χ0n) is 18.8. The minimum Gasteiger partial charge on any atom is -0.443 e. The molecule has 1 saturated heterocycles. The molecule has 0 radical (unpaired) electrons. The molecular formula is C23H30N4O5. The zero-order chi connectivity index (χ0) is 23.3. The van der Waals surface area contributed by atoms with Gasteiger partial charge in [-0.15, -0.1) is 0 Å². The second kappa shape index (κ2) is 9.95. The molecule has 0 aliphatic carbocycles. The number of benzene rings is 1. The van der Waals surface area contributed by atoms with Crippen LogP contribution in [0.25, 0.3) is 0 Å². The third-order valence-electron chi connectivity index (χ3n) is 4.93. The molecule has 1 aromatic heterocycles. The van der Waals surface area contributed by atoms with E-state index in [2.05, 4.69) is 4.98 Å². The molecule has 172 valence electrons. The van der Waals surface area contributed by atoms with Crippen molar-refractivity contribution in [3.8, 4) is 0 Å². The van der Waals surface area contributed by atoms with Crippen LogP contribution in [0.15, 0.2) is 41.3 Å². The monoisotopic (exact) mass is 442 g/mol. The van der Waals surface area contributed by atoms with Gasteiger partial charge in [0.05, 0.1) is 18.8 Å². The van der Waals surface area contributed by atoms with Gasteiger partial charge in [0.15, 0.2) is 5.82 Å². The van der Waals surface area contributed by atoms with Crippen LogP contribution in [0.2, 0.25) is 0 Å². The van der Waals surface area contributed by atoms with Crippen molar-refractivity contribution in [3.05, 3.63) is 58.1 Å². The van der Waals surface area contributed by atoms with Gasteiger partial charge in [0.25, 0.3) is 11.5 Å². The quantitative estimate of drug-likeness (QED) is 0.727.